The predicted molar refractivity (Wildman–Crippen MR) is 213 cm³/mol. The van der Waals surface area contributed by atoms with Gasteiger partial charge in [0.05, 0.1) is 20.2 Å². The molecule has 8 aromatic carbocycles. The van der Waals surface area contributed by atoms with Crippen LogP contribution in [-0.4, -0.2) is 4.98 Å². The van der Waals surface area contributed by atoms with Gasteiger partial charge in [0.15, 0.2) is 0 Å². The fraction of sp³-hybridized carbons (Fsp3) is 0. The Labute approximate surface area is 305 Å². The van der Waals surface area contributed by atoms with Gasteiger partial charge in [-0.3, -0.25) is 0 Å². The highest BCUT2D eigenvalue weighted by atomic mass is 32.1. The summed E-state index contributed by atoms with van der Waals surface area (Å²) >= 11 is 1.71. The van der Waals surface area contributed by atoms with E-state index in [0.717, 1.165) is 49.5 Å². The maximum Gasteiger partial charge on any atom is 0.124 e. The SMILES string of the molecule is [2H]c1c([2H])c([2H])c2c([2H])c(N(c3ccc(-c4ccccc4)cc3)c3ccc(-c4ccc5c6c(cccc46)-c4sc(-c6ccccc6)nc4-5)cc3)c([2H])c([2H])c2c1[2H]. The summed E-state index contributed by atoms with van der Waals surface area (Å²) in [6, 6.07) is 43.8. The van der Waals surface area contributed by atoms with Crippen LogP contribution in [0.3, 0.4) is 0 Å². The molecule has 0 unspecified atom stereocenters. The molecule has 50 heavy (non-hydrogen) atoms. The Morgan fingerprint density at radius 3 is 1.86 bits per heavy atom. The number of rotatable bonds is 6. The molecule has 10 rings (SSSR count). The molecular formula is C47H30N2S. The van der Waals surface area contributed by atoms with Gasteiger partial charge >= 0.3 is 0 Å². The standard InChI is InChI=1S/C47H30N2S/c1-3-10-31(11-4-1)33-18-23-37(24-19-33)49(39-27-20-32-12-7-8-15-36(32)30-39)38-25-21-34(22-26-38)40-28-29-42-44-41(40)16-9-17-43(44)46-45(42)48-47(50-46)35-13-5-2-6-14-35/h1-30H/i7D,8D,12D,15D,20D,27D,30D. The topological polar surface area (TPSA) is 16.1 Å². The smallest absolute Gasteiger partial charge is 0.124 e. The zero-order valence-corrected chi connectivity index (χ0v) is 27.4. The first-order valence-electron chi connectivity index (χ1n) is 19.9. The molecular weight excluding hydrogens is 625 g/mol. The van der Waals surface area contributed by atoms with Crippen LogP contribution in [0.2, 0.25) is 0 Å². The minimum Gasteiger partial charge on any atom is -0.310 e. The minimum atomic E-state index is -0.497. The largest absolute Gasteiger partial charge is 0.310 e. The van der Waals surface area contributed by atoms with Crippen LogP contribution in [0.25, 0.3) is 76.1 Å². The molecule has 0 fully saturated rings. The van der Waals surface area contributed by atoms with Gasteiger partial charge in [0.2, 0.25) is 0 Å². The van der Waals surface area contributed by atoms with Gasteiger partial charge in [0, 0.05) is 39.1 Å². The summed E-state index contributed by atoms with van der Waals surface area (Å²) in [6.07, 6.45) is 0. The molecule has 3 heteroatoms. The Morgan fingerprint density at radius 1 is 0.480 bits per heavy atom. The van der Waals surface area contributed by atoms with E-state index in [1.165, 1.54) is 15.8 Å². The molecule has 0 amide bonds. The van der Waals surface area contributed by atoms with Crippen LogP contribution in [0.1, 0.15) is 9.60 Å². The highest BCUT2D eigenvalue weighted by molar-refractivity contribution is 7.19. The maximum absolute atomic E-state index is 9.41. The Kier molecular flexibility index (Phi) is 5.23. The second-order valence-corrected chi connectivity index (χ2v) is 13.2. The Bertz CT molecular complexity index is 3050. The van der Waals surface area contributed by atoms with Crippen molar-refractivity contribution in [2.45, 2.75) is 0 Å². The third-order valence-electron chi connectivity index (χ3n) is 9.32. The van der Waals surface area contributed by atoms with Gasteiger partial charge in [-0.2, -0.15) is 0 Å². The molecule has 0 spiro atoms. The van der Waals surface area contributed by atoms with Crippen molar-refractivity contribution in [3.8, 4) is 54.5 Å². The monoisotopic (exact) mass is 661 g/mol. The first-order valence-corrected chi connectivity index (χ1v) is 17.2. The van der Waals surface area contributed by atoms with E-state index in [2.05, 4.69) is 42.5 Å². The molecule has 1 heterocycles. The molecule has 0 atom stereocenters. The van der Waals surface area contributed by atoms with Crippen molar-refractivity contribution in [2.75, 3.05) is 4.90 Å². The minimum absolute atomic E-state index is 0.0524. The van der Waals surface area contributed by atoms with E-state index in [1.807, 2.05) is 97.1 Å². The fourth-order valence-electron chi connectivity index (χ4n) is 6.95. The lowest BCUT2D eigenvalue weighted by molar-refractivity contribution is 1.29. The number of aromatic nitrogens is 1. The Hall–Kier alpha value is -6.29. The highest BCUT2D eigenvalue weighted by Gasteiger charge is 2.27. The van der Waals surface area contributed by atoms with Crippen LogP contribution in [0.15, 0.2) is 182 Å². The molecule has 0 aliphatic heterocycles. The van der Waals surface area contributed by atoms with Gasteiger partial charge in [-0.1, -0.05) is 145 Å². The van der Waals surface area contributed by atoms with E-state index < -0.39 is 24.2 Å². The van der Waals surface area contributed by atoms with Crippen molar-refractivity contribution in [3.05, 3.63) is 182 Å². The second kappa shape index (κ2) is 11.7. The number of fused-ring (bicyclic) bond motifs is 4. The maximum atomic E-state index is 9.41. The molecule has 0 N–H and O–H groups in total. The molecule has 0 saturated carbocycles. The van der Waals surface area contributed by atoms with Gasteiger partial charge in [0.1, 0.15) is 5.01 Å². The lowest BCUT2D eigenvalue weighted by Crippen LogP contribution is -2.09. The quantitative estimate of drug-likeness (QED) is 0.176. The molecule has 0 bridgehead atoms. The molecule has 1 aromatic heterocycles. The number of thiazole rings is 1. The van der Waals surface area contributed by atoms with Crippen LogP contribution >= 0.6 is 11.3 Å². The highest BCUT2D eigenvalue weighted by Crippen LogP contribution is 2.52. The van der Waals surface area contributed by atoms with E-state index in [-0.39, 0.29) is 34.6 Å². The van der Waals surface area contributed by atoms with Crippen LogP contribution in [0.4, 0.5) is 17.1 Å². The summed E-state index contributed by atoms with van der Waals surface area (Å²) in [5.41, 5.74) is 9.74. The number of benzene rings is 8. The van der Waals surface area contributed by atoms with Gasteiger partial charge < -0.3 is 4.90 Å². The molecule has 0 radical (unpaired) electrons. The van der Waals surface area contributed by atoms with Gasteiger partial charge in [0.25, 0.3) is 0 Å². The van der Waals surface area contributed by atoms with Gasteiger partial charge in [-0.25, -0.2) is 4.98 Å². The van der Waals surface area contributed by atoms with Crippen LogP contribution in [-0.2, 0) is 0 Å². The number of hydrogen-bond donors (Lipinski definition) is 0. The zero-order valence-electron chi connectivity index (χ0n) is 33.6. The lowest BCUT2D eigenvalue weighted by Gasteiger charge is -2.26. The van der Waals surface area contributed by atoms with E-state index in [9.17, 15) is 2.74 Å². The van der Waals surface area contributed by atoms with Crippen LogP contribution < -0.4 is 4.90 Å². The first kappa shape index (κ1) is 22.4. The third-order valence-corrected chi connectivity index (χ3v) is 10.5. The summed E-state index contributed by atoms with van der Waals surface area (Å²) in [4.78, 5) is 8.01. The van der Waals surface area contributed by atoms with Gasteiger partial charge in [-0.15, -0.1) is 11.3 Å². The van der Waals surface area contributed by atoms with Crippen molar-refractivity contribution < 1.29 is 9.60 Å². The molecule has 9 aromatic rings. The summed E-state index contributed by atoms with van der Waals surface area (Å²) in [5, 5.41) is 3.06. The Morgan fingerprint density at radius 2 is 1.12 bits per heavy atom. The van der Waals surface area contributed by atoms with Gasteiger partial charge in [-0.05, 0) is 74.8 Å². The first-order chi connectivity index (χ1) is 27.7. The van der Waals surface area contributed by atoms with Crippen LogP contribution in [0.5, 0.6) is 0 Å². The number of hydrogen-bond acceptors (Lipinski definition) is 3. The van der Waals surface area contributed by atoms with E-state index in [4.69, 9.17) is 11.8 Å². The van der Waals surface area contributed by atoms with Crippen LogP contribution in [0, 0.1) is 0 Å². The van der Waals surface area contributed by atoms with Crippen molar-refractivity contribution in [1.82, 2.24) is 4.98 Å². The zero-order chi connectivity index (χ0) is 39.1. The Balaban J connectivity index is 1.11. The number of anilines is 3. The summed E-state index contributed by atoms with van der Waals surface area (Å²) in [5.74, 6) is 0. The molecule has 1 aliphatic rings. The number of nitrogens with zero attached hydrogens (tertiary/aromatic N) is 2. The summed E-state index contributed by atoms with van der Waals surface area (Å²) in [6.45, 7) is 0. The van der Waals surface area contributed by atoms with Crippen molar-refractivity contribution >= 4 is 49.9 Å². The van der Waals surface area contributed by atoms with E-state index in [1.54, 1.807) is 16.2 Å². The van der Waals surface area contributed by atoms with E-state index >= 15 is 0 Å². The second-order valence-electron chi connectivity index (χ2n) is 12.2. The van der Waals surface area contributed by atoms with Crippen molar-refractivity contribution in [1.29, 1.82) is 0 Å². The normalized spacial score (nSPS) is 13.6. The molecule has 2 nitrogen and oxygen atoms in total. The fourth-order valence-corrected chi connectivity index (χ4v) is 8.07. The van der Waals surface area contributed by atoms with E-state index in [0.29, 0.717) is 11.4 Å². The molecule has 234 valence electrons. The van der Waals surface area contributed by atoms with Crippen molar-refractivity contribution in [2.24, 2.45) is 0 Å². The molecule has 1 aliphatic carbocycles. The van der Waals surface area contributed by atoms with Crippen molar-refractivity contribution in [3.63, 3.8) is 0 Å². The summed E-state index contributed by atoms with van der Waals surface area (Å²) in [7, 11) is 0. The third kappa shape index (κ3) is 4.74. The average molecular weight is 662 g/mol. The molecule has 0 saturated heterocycles. The average Bonchev–Trinajstić information content (AvgIpc) is 3.82. The lowest BCUT2D eigenvalue weighted by atomic mass is 9.94. The predicted octanol–water partition coefficient (Wildman–Crippen LogP) is 13.6. The summed E-state index contributed by atoms with van der Waals surface area (Å²) < 4.78 is 61.5.